The summed E-state index contributed by atoms with van der Waals surface area (Å²) >= 11 is 0. The molecule has 0 aliphatic rings. The average Bonchev–Trinajstić information content (AvgIpc) is 2.68. The van der Waals surface area contributed by atoms with Crippen molar-refractivity contribution >= 4 is 29.1 Å². The SMILES string of the molecule is [CH2]CC(C(N)=O)[PH](c1ccccc1)(c1ccccc1)c1ccccc1. The third kappa shape index (κ3) is 3.10. The van der Waals surface area contributed by atoms with Crippen LogP contribution in [0, 0.1) is 6.92 Å². The summed E-state index contributed by atoms with van der Waals surface area (Å²) in [5.74, 6) is -0.279. The predicted molar refractivity (Wildman–Crippen MR) is 109 cm³/mol. The Labute approximate surface area is 150 Å². The van der Waals surface area contributed by atoms with E-state index >= 15 is 0 Å². The third-order valence-corrected chi connectivity index (χ3v) is 10.2. The van der Waals surface area contributed by atoms with Gasteiger partial charge < -0.3 is 0 Å². The molecule has 1 radical (unpaired) electrons. The molecule has 0 heterocycles. The number of hydrogen-bond donors (Lipinski definition) is 1. The van der Waals surface area contributed by atoms with Gasteiger partial charge in [-0.05, 0) is 0 Å². The van der Waals surface area contributed by atoms with E-state index in [-0.39, 0.29) is 11.6 Å². The van der Waals surface area contributed by atoms with Crippen LogP contribution in [-0.2, 0) is 4.79 Å². The van der Waals surface area contributed by atoms with Gasteiger partial charge in [0.25, 0.3) is 0 Å². The van der Waals surface area contributed by atoms with Crippen LogP contribution in [-0.4, -0.2) is 11.6 Å². The van der Waals surface area contributed by atoms with Crippen molar-refractivity contribution in [2.45, 2.75) is 12.1 Å². The molecule has 0 spiro atoms. The molecule has 0 aliphatic heterocycles. The molecule has 3 aromatic carbocycles. The first kappa shape index (κ1) is 17.4. The molecule has 0 saturated carbocycles. The van der Waals surface area contributed by atoms with E-state index in [4.69, 9.17) is 5.73 Å². The zero-order valence-corrected chi connectivity index (χ0v) is 15.1. The van der Waals surface area contributed by atoms with Gasteiger partial charge in [-0.2, -0.15) is 0 Å². The van der Waals surface area contributed by atoms with Crippen LogP contribution < -0.4 is 21.6 Å². The molecule has 1 unspecified atom stereocenters. The van der Waals surface area contributed by atoms with Crippen LogP contribution in [0.2, 0.25) is 0 Å². The van der Waals surface area contributed by atoms with Gasteiger partial charge in [0.2, 0.25) is 0 Å². The molecule has 3 rings (SSSR count). The van der Waals surface area contributed by atoms with Gasteiger partial charge in [-0.25, -0.2) is 0 Å². The molecule has 3 aromatic rings. The van der Waals surface area contributed by atoms with Crippen molar-refractivity contribution < 1.29 is 4.79 Å². The monoisotopic (exact) mass is 348 g/mol. The van der Waals surface area contributed by atoms with Gasteiger partial charge in [-0.3, -0.25) is 0 Å². The Balaban J connectivity index is 2.42. The molecular formula is C22H23NOP. The Bertz CT molecular complexity index is 722. The molecule has 1 atom stereocenters. The van der Waals surface area contributed by atoms with Gasteiger partial charge >= 0.3 is 150 Å². The summed E-state index contributed by atoms with van der Waals surface area (Å²) in [6.07, 6.45) is 0.472. The summed E-state index contributed by atoms with van der Waals surface area (Å²) in [4.78, 5) is 12.5. The zero-order valence-electron chi connectivity index (χ0n) is 14.1. The fourth-order valence-electron chi connectivity index (χ4n) is 3.78. The van der Waals surface area contributed by atoms with Crippen LogP contribution in [0.3, 0.4) is 0 Å². The van der Waals surface area contributed by atoms with E-state index in [0.29, 0.717) is 6.42 Å². The molecule has 0 fully saturated rings. The Morgan fingerprint density at radius 3 is 1.32 bits per heavy atom. The summed E-state index contributed by atoms with van der Waals surface area (Å²) in [6, 6.07) is 30.9. The fraction of sp³-hybridized carbons (Fsp3) is 0.0909. The van der Waals surface area contributed by atoms with Crippen molar-refractivity contribution in [3.63, 3.8) is 0 Å². The van der Waals surface area contributed by atoms with Crippen molar-refractivity contribution in [3.8, 4) is 0 Å². The minimum atomic E-state index is -2.65. The number of hydrogen-bond acceptors (Lipinski definition) is 1. The number of benzene rings is 3. The Morgan fingerprint density at radius 1 is 0.760 bits per heavy atom. The molecule has 2 nitrogen and oxygen atoms in total. The molecule has 0 aromatic heterocycles. The number of primary amides is 1. The van der Waals surface area contributed by atoms with Crippen LogP contribution in [0.25, 0.3) is 0 Å². The quantitative estimate of drug-likeness (QED) is 0.684. The molecule has 0 aliphatic carbocycles. The summed E-state index contributed by atoms with van der Waals surface area (Å²) in [5, 5.41) is 3.54. The second kappa shape index (κ2) is 7.63. The van der Waals surface area contributed by atoms with E-state index < -0.39 is 7.26 Å². The molecule has 25 heavy (non-hydrogen) atoms. The van der Waals surface area contributed by atoms with Crippen molar-refractivity contribution in [2.75, 3.05) is 0 Å². The van der Waals surface area contributed by atoms with E-state index in [1.807, 2.05) is 54.6 Å². The third-order valence-electron chi connectivity index (χ3n) is 4.84. The second-order valence-corrected chi connectivity index (χ2v) is 10.2. The second-order valence-electron chi connectivity index (χ2n) is 6.15. The van der Waals surface area contributed by atoms with Crippen molar-refractivity contribution in [2.24, 2.45) is 5.73 Å². The summed E-state index contributed by atoms with van der Waals surface area (Å²) in [6.45, 7) is 4.08. The summed E-state index contributed by atoms with van der Waals surface area (Å²) in [7, 11) is -2.65. The van der Waals surface area contributed by atoms with Gasteiger partial charge in [0.1, 0.15) is 0 Å². The number of carbonyl (C=O) groups excluding carboxylic acids is 1. The van der Waals surface area contributed by atoms with E-state index in [2.05, 4.69) is 43.3 Å². The molecule has 1 amide bonds. The van der Waals surface area contributed by atoms with E-state index in [0.717, 1.165) is 0 Å². The zero-order chi connectivity index (χ0) is 17.7. The topological polar surface area (TPSA) is 43.1 Å². The standard InChI is InChI=1S/C22H23NOP/c1-2-21(22(23)24)25(18-12-6-3-7-13-18,19-14-8-4-9-15-19)20-16-10-5-11-17-20/h3-17,21,25H,1-2H2,(H2,23,24). The first-order valence-corrected chi connectivity index (χ1v) is 10.5. The summed E-state index contributed by atoms with van der Waals surface area (Å²) < 4.78 is 0. The first-order valence-electron chi connectivity index (χ1n) is 8.46. The average molecular weight is 348 g/mol. The van der Waals surface area contributed by atoms with Crippen LogP contribution in [0.15, 0.2) is 91.0 Å². The number of amides is 1. The molecule has 2 N–H and O–H groups in total. The molecule has 0 saturated heterocycles. The fourth-order valence-corrected chi connectivity index (χ4v) is 9.00. The minimum absolute atomic E-state index is 0.279. The van der Waals surface area contributed by atoms with E-state index in [9.17, 15) is 4.79 Å². The van der Waals surface area contributed by atoms with Crippen molar-refractivity contribution in [1.29, 1.82) is 0 Å². The Morgan fingerprint density at radius 2 is 1.08 bits per heavy atom. The summed E-state index contributed by atoms with van der Waals surface area (Å²) in [5.41, 5.74) is 5.58. The molecular weight excluding hydrogens is 325 g/mol. The van der Waals surface area contributed by atoms with Crippen LogP contribution >= 0.6 is 7.26 Å². The normalized spacial score (nSPS) is 13.2. The maximum absolute atomic E-state index is 12.5. The van der Waals surface area contributed by atoms with Crippen LogP contribution in [0.5, 0.6) is 0 Å². The first-order chi connectivity index (χ1) is 12.2. The molecule has 127 valence electrons. The van der Waals surface area contributed by atoms with Gasteiger partial charge in [0.05, 0.1) is 0 Å². The molecule has 3 heteroatoms. The van der Waals surface area contributed by atoms with Gasteiger partial charge in [0, 0.05) is 0 Å². The van der Waals surface area contributed by atoms with Gasteiger partial charge in [-0.15, -0.1) is 0 Å². The number of carbonyl (C=O) groups is 1. The number of rotatable bonds is 6. The molecule has 0 bridgehead atoms. The van der Waals surface area contributed by atoms with Crippen molar-refractivity contribution in [1.82, 2.24) is 0 Å². The Hall–Kier alpha value is -2.44. The predicted octanol–water partition coefficient (Wildman–Crippen LogP) is 2.79. The number of nitrogens with two attached hydrogens (primary N) is 1. The Kier molecular flexibility index (Phi) is 5.31. The van der Waals surface area contributed by atoms with Crippen LogP contribution in [0.1, 0.15) is 6.42 Å². The van der Waals surface area contributed by atoms with Crippen LogP contribution in [0.4, 0.5) is 0 Å². The van der Waals surface area contributed by atoms with E-state index in [1.54, 1.807) is 0 Å². The maximum atomic E-state index is 12.5. The van der Waals surface area contributed by atoms with E-state index in [1.165, 1.54) is 15.9 Å². The van der Waals surface area contributed by atoms with Crippen molar-refractivity contribution in [3.05, 3.63) is 97.9 Å². The van der Waals surface area contributed by atoms with Gasteiger partial charge in [-0.1, -0.05) is 0 Å². The van der Waals surface area contributed by atoms with Gasteiger partial charge in [0.15, 0.2) is 0 Å².